The highest BCUT2D eigenvalue weighted by Gasteiger charge is 2.28. The van der Waals surface area contributed by atoms with Crippen LogP contribution < -0.4 is 4.90 Å². The molecule has 0 bridgehead atoms. The van der Waals surface area contributed by atoms with E-state index in [1.807, 2.05) is 43.1 Å². The number of halogens is 1. The van der Waals surface area contributed by atoms with Gasteiger partial charge in [0.2, 0.25) is 5.82 Å². The highest BCUT2D eigenvalue weighted by molar-refractivity contribution is 9.10. The Balaban J connectivity index is 2.34. The third-order valence-corrected chi connectivity index (χ3v) is 3.80. The van der Waals surface area contributed by atoms with E-state index in [0.717, 1.165) is 10.0 Å². The first kappa shape index (κ1) is 15.5. The number of nitro groups is 1. The average molecular weight is 353 g/mol. The number of anilines is 1. The Hall–Kier alpha value is -1.89. The van der Waals surface area contributed by atoms with Crippen molar-refractivity contribution in [3.8, 4) is 0 Å². The van der Waals surface area contributed by atoms with Gasteiger partial charge < -0.3 is 4.90 Å². The summed E-state index contributed by atoms with van der Waals surface area (Å²) in [6.45, 7) is 2.45. The monoisotopic (exact) mass is 352 g/mol. The van der Waals surface area contributed by atoms with E-state index >= 15 is 0 Å². The summed E-state index contributed by atoms with van der Waals surface area (Å²) in [5.41, 5.74) is 1.69. The van der Waals surface area contributed by atoms with Gasteiger partial charge in [0.1, 0.15) is 5.69 Å². The van der Waals surface area contributed by atoms with Crippen LogP contribution in [-0.2, 0) is 20.0 Å². The minimum absolute atomic E-state index is 0.0969. The lowest BCUT2D eigenvalue weighted by atomic mass is 10.2. The summed E-state index contributed by atoms with van der Waals surface area (Å²) >= 11 is 3.39. The summed E-state index contributed by atoms with van der Waals surface area (Å²) in [6.07, 6.45) is 0.538. The molecule has 0 saturated carbocycles. The predicted octanol–water partition coefficient (Wildman–Crippen LogP) is 3.29. The third-order valence-electron chi connectivity index (χ3n) is 3.27. The van der Waals surface area contributed by atoms with Gasteiger partial charge in [-0.05, 0) is 24.1 Å². The summed E-state index contributed by atoms with van der Waals surface area (Å²) < 4.78 is 2.59. The van der Waals surface area contributed by atoms with E-state index in [0.29, 0.717) is 24.5 Å². The maximum Gasteiger partial charge on any atom is 0.334 e. The van der Waals surface area contributed by atoms with Crippen LogP contribution >= 0.6 is 15.9 Å². The standard InChI is InChI=1S/C14H17BrN4O2/c1-4-12-13(19(20)21)14(18(3)16-12)17(2)9-10-5-7-11(15)8-6-10/h5-8H,4,9H2,1-3H3. The molecule has 0 aliphatic carbocycles. The first-order chi connectivity index (χ1) is 9.93. The molecule has 2 rings (SSSR count). The number of aryl methyl sites for hydroxylation is 2. The van der Waals surface area contributed by atoms with E-state index in [1.54, 1.807) is 11.7 Å². The van der Waals surface area contributed by atoms with E-state index in [2.05, 4.69) is 21.0 Å². The molecule has 7 heteroatoms. The highest BCUT2D eigenvalue weighted by Crippen LogP contribution is 2.31. The first-order valence-corrected chi connectivity index (χ1v) is 7.39. The fourth-order valence-corrected chi connectivity index (χ4v) is 2.61. The van der Waals surface area contributed by atoms with Crippen molar-refractivity contribution in [2.75, 3.05) is 11.9 Å². The van der Waals surface area contributed by atoms with Gasteiger partial charge in [-0.1, -0.05) is 35.0 Å². The van der Waals surface area contributed by atoms with Crippen LogP contribution in [0.15, 0.2) is 28.7 Å². The van der Waals surface area contributed by atoms with Crippen molar-refractivity contribution < 1.29 is 4.92 Å². The topological polar surface area (TPSA) is 64.2 Å². The summed E-state index contributed by atoms with van der Waals surface area (Å²) in [6, 6.07) is 7.89. The minimum atomic E-state index is -0.348. The molecule has 21 heavy (non-hydrogen) atoms. The molecule has 0 amide bonds. The third kappa shape index (κ3) is 3.24. The first-order valence-electron chi connectivity index (χ1n) is 6.59. The van der Waals surface area contributed by atoms with Crippen molar-refractivity contribution in [3.05, 3.63) is 50.1 Å². The second-order valence-corrected chi connectivity index (χ2v) is 5.75. The van der Waals surface area contributed by atoms with E-state index in [1.165, 1.54) is 0 Å². The van der Waals surface area contributed by atoms with Gasteiger partial charge in [-0.15, -0.1) is 0 Å². The van der Waals surface area contributed by atoms with Gasteiger partial charge in [-0.2, -0.15) is 5.10 Å². The number of hydrogen-bond acceptors (Lipinski definition) is 4. The van der Waals surface area contributed by atoms with Crippen LogP contribution in [0.25, 0.3) is 0 Å². The molecule has 1 aromatic heterocycles. The Kier molecular flexibility index (Phi) is 4.62. The molecule has 0 unspecified atom stereocenters. The fourth-order valence-electron chi connectivity index (χ4n) is 2.35. The lowest BCUT2D eigenvalue weighted by molar-refractivity contribution is -0.384. The van der Waals surface area contributed by atoms with Crippen molar-refractivity contribution in [2.24, 2.45) is 7.05 Å². The molecule has 0 aliphatic rings. The summed E-state index contributed by atoms with van der Waals surface area (Å²) in [5, 5.41) is 15.6. The lowest BCUT2D eigenvalue weighted by Gasteiger charge is -2.18. The second-order valence-electron chi connectivity index (χ2n) is 4.84. The molecule has 1 heterocycles. The van der Waals surface area contributed by atoms with Crippen LogP contribution in [0.5, 0.6) is 0 Å². The van der Waals surface area contributed by atoms with Gasteiger partial charge in [-0.3, -0.25) is 10.1 Å². The van der Waals surface area contributed by atoms with Gasteiger partial charge in [0.15, 0.2) is 0 Å². The van der Waals surface area contributed by atoms with Crippen LogP contribution in [0, 0.1) is 10.1 Å². The Labute approximate surface area is 131 Å². The van der Waals surface area contributed by atoms with E-state index in [4.69, 9.17) is 0 Å². The maximum atomic E-state index is 11.3. The summed E-state index contributed by atoms with van der Waals surface area (Å²) in [5.74, 6) is 0.528. The molecule has 0 atom stereocenters. The van der Waals surface area contributed by atoms with Crippen LogP contribution in [-0.4, -0.2) is 21.8 Å². The maximum absolute atomic E-state index is 11.3. The highest BCUT2D eigenvalue weighted by atomic mass is 79.9. The molecule has 0 N–H and O–H groups in total. The Morgan fingerprint density at radius 3 is 2.52 bits per heavy atom. The van der Waals surface area contributed by atoms with E-state index in [-0.39, 0.29) is 10.6 Å². The van der Waals surface area contributed by atoms with Crippen LogP contribution in [0.4, 0.5) is 11.5 Å². The van der Waals surface area contributed by atoms with Gasteiger partial charge in [-0.25, -0.2) is 4.68 Å². The lowest BCUT2D eigenvalue weighted by Crippen LogP contribution is -2.20. The molecular weight excluding hydrogens is 336 g/mol. The van der Waals surface area contributed by atoms with Crippen molar-refractivity contribution in [1.82, 2.24) is 9.78 Å². The predicted molar refractivity (Wildman–Crippen MR) is 85.5 cm³/mol. The number of hydrogen-bond donors (Lipinski definition) is 0. The zero-order valence-corrected chi connectivity index (χ0v) is 13.8. The Bertz CT molecular complexity index is 652. The number of nitrogens with zero attached hydrogens (tertiary/aromatic N) is 4. The number of aromatic nitrogens is 2. The zero-order valence-electron chi connectivity index (χ0n) is 12.2. The molecule has 0 aliphatic heterocycles. The smallest absolute Gasteiger partial charge is 0.334 e. The Morgan fingerprint density at radius 1 is 1.38 bits per heavy atom. The van der Waals surface area contributed by atoms with Crippen LogP contribution in [0.2, 0.25) is 0 Å². The van der Waals surface area contributed by atoms with Crippen molar-refractivity contribution in [3.63, 3.8) is 0 Å². The molecule has 0 radical (unpaired) electrons. The van der Waals surface area contributed by atoms with Gasteiger partial charge in [0.05, 0.1) is 4.92 Å². The summed E-state index contributed by atoms with van der Waals surface area (Å²) in [4.78, 5) is 12.8. The number of rotatable bonds is 5. The van der Waals surface area contributed by atoms with Gasteiger partial charge in [0.25, 0.3) is 0 Å². The van der Waals surface area contributed by atoms with Gasteiger partial charge >= 0.3 is 5.69 Å². The van der Waals surface area contributed by atoms with Crippen LogP contribution in [0.1, 0.15) is 18.2 Å². The zero-order chi connectivity index (χ0) is 15.6. The molecule has 2 aromatic rings. The second kappa shape index (κ2) is 6.26. The van der Waals surface area contributed by atoms with E-state index in [9.17, 15) is 10.1 Å². The SMILES string of the molecule is CCc1nn(C)c(N(C)Cc2ccc(Br)cc2)c1[N+](=O)[O-]. The Morgan fingerprint density at radius 2 is 2.00 bits per heavy atom. The normalized spacial score (nSPS) is 10.7. The van der Waals surface area contributed by atoms with Crippen molar-refractivity contribution >= 4 is 27.4 Å². The van der Waals surface area contributed by atoms with Crippen molar-refractivity contribution in [1.29, 1.82) is 0 Å². The van der Waals surface area contributed by atoms with Gasteiger partial charge in [0, 0.05) is 25.1 Å². The minimum Gasteiger partial charge on any atom is -0.350 e. The molecule has 0 saturated heterocycles. The quantitative estimate of drug-likeness (QED) is 0.611. The summed E-state index contributed by atoms with van der Waals surface area (Å²) in [7, 11) is 3.57. The van der Waals surface area contributed by atoms with Crippen molar-refractivity contribution in [2.45, 2.75) is 19.9 Å². The molecular formula is C14H17BrN4O2. The molecule has 112 valence electrons. The number of benzene rings is 1. The van der Waals surface area contributed by atoms with Crippen LogP contribution in [0.3, 0.4) is 0 Å². The molecule has 6 nitrogen and oxygen atoms in total. The largest absolute Gasteiger partial charge is 0.350 e. The molecule has 0 fully saturated rings. The molecule has 1 aromatic carbocycles. The van der Waals surface area contributed by atoms with E-state index < -0.39 is 0 Å². The average Bonchev–Trinajstić information content (AvgIpc) is 2.78. The molecule has 0 spiro atoms. The fraction of sp³-hybridized carbons (Fsp3) is 0.357.